The number of nitrogens with zero attached hydrogens (tertiary/aromatic N) is 3. The molecule has 0 bridgehead atoms. The first-order chi connectivity index (χ1) is 15.2. The number of benzene rings is 2. The third-order valence-electron chi connectivity index (χ3n) is 6.67. The van der Waals surface area contributed by atoms with E-state index in [1.807, 2.05) is 24.5 Å². The third-order valence-corrected chi connectivity index (χ3v) is 6.67. The van der Waals surface area contributed by atoms with E-state index in [1.54, 1.807) is 0 Å². The van der Waals surface area contributed by atoms with Gasteiger partial charge >= 0.3 is 0 Å². The van der Waals surface area contributed by atoms with Crippen molar-refractivity contribution in [2.24, 2.45) is 5.92 Å². The molecule has 0 amide bonds. The van der Waals surface area contributed by atoms with Crippen LogP contribution in [0.15, 0.2) is 67.1 Å². The van der Waals surface area contributed by atoms with Gasteiger partial charge in [0.1, 0.15) is 5.82 Å². The molecule has 0 aliphatic carbocycles. The van der Waals surface area contributed by atoms with Crippen LogP contribution in [0.1, 0.15) is 24.0 Å². The maximum Gasteiger partial charge on any atom is 0.161 e. The van der Waals surface area contributed by atoms with Gasteiger partial charge in [0.05, 0.1) is 11.4 Å². The van der Waals surface area contributed by atoms with E-state index in [4.69, 9.17) is 0 Å². The van der Waals surface area contributed by atoms with Gasteiger partial charge in [-0.25, -0.2) is 9.37 Å². The number of rotatable bonds is 3. The highest BCUT2D eigenvalue weighted by Gasteiger charge is 2.22. The molecule has 5 heteroatoms. The standard InChI is InChI=1S/C26H25FN4/c27-23-4-2-20(3-5-23)21-15-25-26-29-11-12-31(26)24-6-1-19(13-18-7-9-28-10-8-18)14-22(24)17-30(25)16-21/h1-6,11-12,14-16,18,28H,7-10,13,17H2. The summed E-state index contributed by atoms with van der Waals surface area (Å²) in [4.78, 5) is 4.67. The molecule has 4 aromatic rings. The zero-order valence-electron chi connectivity index (χ0n) is 17.4. The quantitative estimate of drug-likeness (QED) is 0.450. The summed E-state index contributed by atoms with van der Waals surface area (Å²) in [7, 11) is 0. The molecule has 31 heavy (non-hydrogen) atoms. The fraction of sp³-hybridized carbons (Fsp3) is 0.269. The molecule has 1 N–H and O–H groups in total. The van der Waals surface area contributed by atoms with Crippen LogP contribution >= 0.6 is 0 Å². The van der Waals surface area contributed by atoms with E-state index >= 15 is 0 Å². The van der Waals surface area contributed by atoms with Crippen LogP contribution in [0.25, 0.3) is 28.3 Å². The molecule has 156 valence electrons. The lowest BCUT2D eigenvalue weighted by molar-refractivity contribution is 0.372. The molecule has 0 radical (unpaired) electrons. The smallest absolute Gasteiger partial charge is 0.161 e. The Bertz CT molecular complexity index is 1230. The van der Waals surface area contributed by atoms with E-state index in [0.717, 1.165) is 54.6 Å². The fourth-order valence-electron chi connectivity index (χ4n) is 5.05. The third kappa shape index (κ3) is 3.39. The van der Waals surface area contributed by atoms with Gasteiger partial charge < -0.3 is 9.88 Å². The predicted octanol–water partition coefficient (Wildman–Crippen LogP) is 5.05. The average molecular weight is 413 g/mol. The monoisotopic (exact) mass is 412 g/mol. The van der Waals surface area contributed by atoms with Crippen molar-refractivity contribution in [3.63, 3.8) is 0 Å². The lowest BCUT2D eigenvalue weighted by Gasteiger charge is -2.23. The molecule has 2 aromatic heterocycles. The van der Waals surface area contributed by atoms with E-state index in [1.165, 1.54) is 41.8 Å². The van der Waals surface area contributed by atoms with E-state index in [0.29, 0.717) is 0 Å². The van der Waals surface area contributed by atoms with Gasteiger partial charge in [-0.2, -0.15) is 0 Å². The molecule has 4 heterocycles. The number of imidazole rings is 1. The molecular formula is C26H25FN4. The van der Waals surface area contributed by atoms with E-state index in [9.17, 15) is 4.39 Å². The molecule has 1 saturated heterocycles. The summed E-state index contributed by atoms with van der Waals surface area (Å²) < 4.78 is 17.9. The van der Waals surface area contributed by atoms with Crippen molar-refractivity contribution in [2.75, 3.05) is 13.1 Å². The first-order valence-corrected chi connectivity index (χ1v) is 11.1. The number of hydrogen-bond acceptors (Lipinski definition) is 2. The molecule has 2 aromatic carbocycles. The van der Waals surface area contributed by atoms with Crippen LogP contribution < -0.4 is 5.32 Å². The van der Waals surface area contributed by atoms with Crippen LogP contribution in [0.3, 0.4) is 0 Å². The van der Waals surface area contributed by atoms with E-state index in [-0.39, 0.29) is 5.82 Å². The average Bonchev–Trinajstić information content (AvgIpc) is 3.40. The number of aromatic nitrogens is 3. The highest BCUT2D eigenvalue weighted by atomic mass is 19.1. The Kier molecular flexibility index (Phi) is 4.50. The minimum Gasteiger partial charge on any atom is -0.340 e. The van der Waals surface area contributed by atoms with Gasteiger partial charge in [-0.05, 0) is 79.2 Å². The van der Waals surface area contributed by atoms with Crippen molar-refractivity contribution in [2.45, 2.75) is 25.8 Å². The van der Waals surface area contributed by atoms with Gasteiger partial charge in [0.15, 0.2) is 5.82 Å². The minimum atomic E-state index is -0.213. The van der Waals surface area contributed by atoms with Gasteiger partial charge in [-0.1, -0.05) is 24.3 Å². The highest BCUT2D eigenvalue weighted by molar-refractivity contribution is 5.71. The second-order valence-electron chi connectivity index (χ2n) is 8.73. The summed E-state index contributed by atoms with van der Waals surface area (Å²) in [5, 5.41) is 3.46. The van der Waals surface area contributed by atoms with Crippen LogP contribution in [0.2, 0.25) is 0 Å². The molecule has 2 aliphatic heterocycles. The Morgan fingerprint density at radius 1 is 1.00 bits per heavy atom. The molecule has 2 aliphatic rings. The van der Waals surface area contributed by atoms with Gasteiger partial charge in [-0.15, -0.1) is 0 Å². The van der Waals surface area contributed by atoms with Crippen molar-refractivity contribution in [3.8, 4) is 28.3 Å². The first kappa shape index (κ1) is 18.6. The van der Waals surface area contributed by atoms with Crippen molar-refractivity contribution in [3.05, 3.63) is 84.1 Å². The summed E-state index contributed by atoms with van der Waals surface area (Å²) in [5.74, 6) is 1.49. The van der Waals surface area contributed by atoms with Crippen LogP contribution in [0.4, 0.5) is 4.39 Å². The largest absolute Gasteiger partial charge is 0.340 e. The normalized spacial score (nSPS) is 15.8. The SMILES string of the molecule is Fc1ccc(-c2cc3n(c2)Cc2cc(CC4CCNCC4)ccc2-n2ccnc2-3)cc1. The molecule has 0 atom stereocenters. The lowest BCUT2D eigenvalue weighted by Crippen LogP contribution is -2.28. The summed E-state index contributed by atoms with van der Waals surface area (Å²) in [6.07, 6.45) is 9.72. The van der Waals surface area contributed by atoms with Crippen molar-refractivity contribution in [1.82, 2.24) is 19.4 Å². The zero-order valence-corrected chi connectivity index (χ0v) is 17.4. The van der Waals surface area contributed by atoms with Crippen LogP contribution in [-0.2, 0) is 13.0 Å². The summed E-state index contributed by atoms with van der Waals surface area (Å²) in [6.45, 7) is 3.06. The van der Waals surface area contributed by atoms with Crippen molar-refractivity contribution >= 4 is 0 Å². The maximum atomic E-state index is 13.4. The Hall–Kier alpha value is -3.18. The Balaban J connectivity index is 1.40. The maximum absolute atomic E-state index is 13.4. The second-order valence-corrected chi connectivity index (χ2v) is 8.73. The number of piperidine rings is 1. The first-order valence-electron chi connectivity index (χ1n) is 11.1. The molecule has 0 spiro atoms. The van der Waals surface area contributed by atoms with E-state index in [2.05, 4.69) is 49.9 Å². The highest BCUT2D eigenvalue weighted by Crippen LogP contribution is 2.34. The number of nitrogens with one attached hydrogen (secondary N) is 1. The topological polar surface area (TPSA) is 34.8 Å². The minimum absolute atomic E-state index is 0.213. The molecule has 1 fully saturated rings. The van der Waals surface area contributed by atoms with Gasteiger partial charge in [0.2, 0.25) is 0 Å². The molecule has 0 unspecified atom stereocenters. The van der Waals surface area contributed by atoms with Crippen molar-refractivity contribution in [1.29, 1.82) is 0 Å². The number of hydrogen-bond donors (Lipinski definition) is 1. The van der Waals surface area contributed by atoms with Gasteiger partial charge in [0.25, 0.3) is 0 Å². The van der Waals surface area contributed by atoms with Crippen molar-refractivity contribution < 1.29 is 4.39 Å². The number of halogens is 1. The Morgan fingerprint density at radius 2 is 1.84 bits per heavy atom. The summed E-state index contributed by atoms with van der Waals surface area (Å²) in [5.41, 5.74) is 7.11. The Labute approximate surface area is 181 Å². The summed E-state index contributed by atoms with van der Waals surface area (Å²) >= 11 is 0. The van der Waals surface area contributed by atoms with Gasteiger partial charge in [-0.3, -0.25) is 4.57 Å². The van der Waals surface area contributed by atoms with Crippen LogP contribution in [0.5, 0.6) is 0 Å². The molecule has 0 saturated carbocycles. The second kappa shape index (κ2) is 7.50. The number of fused-ring (bicyclic) bond motifs is 5. The molecular weight excluding hydrogens is 387 g/mol. The van der Waals surface area contributed by atoms with E-state index < -0.39 is 0 Å². The fourth-order valence-corrected chi connectivity index (χ4v) is 5.05. The Morgan fingerprint density at radius 3 is 2.68 bits per heavy atom. The zero-order chi connectivity index (χ0) is 20.8. The molecule has 6 rings (SSSR count). The summed E-state index contributed by atoms with van der Waals surface area (Å²) in [6, 6.07) is 15.8. The van der Waals surface area contributed by atoms with Gasteiger partial charge in [0, 0.05) is 30.7 Å². The van der Waals surface area contributed by atoms with Crippen LogP contribution in [0, 0.1) is 11.7 Å². The molecule has 4 nitrogen and oxygen atoms in total. The van der Waals surface area contributed by atoms with Crippen LogP contribution in [-0.4, -0.2) is 27.2 Å². The lowest BCUT2D eigenvalue weighted by atomic mass is 9.90. The predicted molar refractivity (Wildman–Crippen MR) is 121 cm³/mol.